The average Bonchev–Trinajstić information content (AvgIpc) is 2.80. The predicted octanol–water partition coefficient (Wildman–Crippen LogP) is 3.52. The minimum atomic E-state index is -0.428. The van der Waals surface area contributed by atoms with Crippen LogP contribution in [0.15, 0.2) is 72.8 Å². The van der Waals surface area contributed by atoms with Crippen LogP contribution >= 0.6 is 12.2 Å². The van der Waals surface area contributed by atoms with Gasteiger partial charge in [0.15, 0.2) is 11.7 Å². The van der Waals surface area contributed by atoms with Crippen molar-refractivity contribution in [2.45, 2.75) is 13.3 Å². The quantitative estimate of drug-likeness (QED) is 0.315. The summed E-state index contributed by atoms with van der Waals surface area (Å²) < 4.78 is 5.41. The van der Waals surface area contributed by atoms with Crippen molar-refractivity contribution >= 4 is 46.0 Å². The van der Waals surface area contributed by atoms with Gasteiger partial charge in [0.1, 0.15) is 5.75 Å². The van der Waals surface area contributed by atoms with Gasteiger partial charge in [-0.3, -0.25) is 25.8 Å². The number of amides is 2. The standard InChI is InChI=1S/C24H23N3O3S/c1-2-17-10-13-20(14-11-17)30-16-23(29)26-27-24(31)25-22(28)15-12-19-8-5-7-18-6-3-4-9-21(18)19/h3-15H,2,16H2,1H3,(H,26,29)(H2,25,27,28,31). The molecule has 0 aromatic heterocycles. The second-order valence-corrected chi connectivity index (χ2v) is 7.09. The first-order valence-corrected chi connectivity index (χ1v) is 10.2. The lowest BCUT2D eigenvalue weighted by molar-refractivity contribution is -0.123. The summed E-state index contributed by atoms with van der Waals surface area (Å²) in [6, 6.07) is 21.3. The summed E-state index contributed by atoms with van der Waals surface area (Å²) in [5, 5.41) is 4.60. The molecule has 0 aliphatic heterocycles. The SMILES string of the molecule is CCc1ccc(OCC(=O)NNC(=S)NC(=O)C=Cc2cccc3ccccc23)cc1. The van der Waals surface area contributed by atoms with Gasteiger partial charge in [0.2, 0.25) is 5.91 Å². The molecule has 158 valence electrons. The van der Waals surface area contributed by atoms with Gasteiger partial charge < -0.3 is 4.74 Å². The zero-order chi connectivity index (χ0) is 22.1. The Morgan fingerprint density at radius 3 is 2.48 bits per heavy atom. The Labute approximate surface area is 186 Å². The van der Waals surface area contributed by atoms with Crippen LogP contribution in [0.5, 0.6) is 5.75 Å². The lowest BCUT2D eigenvalue weighted by atomic mass is 10.0. The smallest absolute Gasteiger partial charge is 0.276 e. The lowest BCUT2D eigenvalue weighted by Gasteiger charge is -2.10. The van der Waals surface area contributed by atoms with Gasteiger partial charge in [-0.05, 0) is 58.7 Å². The topological polar surface area (TPSA) is 79.5 Å². The van der Waals surface area contributed by atoms with Gasteiger partial charge in [-0.25, -0.2) is 0 Å². The number of carbonyl (C=O) groups excluding carboxylic acids is 2. The molecule has 3 aromatic carbocycles. The van der Waals surface area contributed by atoms with Crippen LogP contribution in [0, 0.1) is 0 Å². The summed E-state index contributed by atoms with van der Waals surface area (Å²) in [5.74, 6) is -0.240. The van der Waals surface area contributed by atoms with Gasteiger partial charge in [0.25, 0.3) is 5.91 Å². The Morgan fingerprint density at radius 2 is 1.71 bits per heavy atom. The van der Waals surface area contributed by atoms with Crippen molar-refractivity contribution in [2.75, 3.05) is 6.61 Å². The average molecular weight is 434 g/mol. The number of carbonyl (C=O) groups is 2. The van der Waals surface area contributed by atoms with Crippen molar-refractivity contribution in [1.29, 1.82) is 0 Å². The maximum absolute atomic E-state index is 12.1. The van der Waals surface area contributed by atoms with E-state index in [-0.39, 0.29) is 11.7 Å². The van der Waals surface area contributed by atoms with E-state index in [0.717, 1.165) is 22.8 Å². The Hall–Kier alpha value is -3.71. The first-order chi connectivity index (χ1) is 15.0. The highest BCUT2D eigenvalue weighted by Crippen LogP contribution is 2.19. The van der Waals surface area contributed by atoms with Crippen molar-refractivity contribution in [2.24, 2.45) is 0 Å². The van der Waals surface area contributed by atoms with Crippen LogP contribution < -0.4 is 20.9 Å². The molecule has 0 spiro atoms. The summed E-state index contributed by atoms with van der Waals surface area (Å²) in [7, 11) is 0. The second kappa shape index (κ2) is 10.9. The fourth-order valence-electron chi connectivity index (χ4n) is 2.88. The molecule has 0 saturated carbocycles. The number of hydrogen-bond acceptors (Lipinski definition) is 4. The van der Waals surface area contributed by atoms with Gasteiger partial charge in [0, 0.05) is 6.08 Å². The molecule has 2 amide bonds. The zero-order valence-electron chi connectivity index (χ0n) is 17.1. The number of thiocarbonyl (C=S) groups is 1. The van der Waals surface area contributed by atoms with Crippen molar-refractivity contribution in [3.05, 3.63) is 83.9 Å². The highest BCUT2D eigenvalue weighted by atomic mass is 32.1. The molecule has 0 radical (unpaired) electrons. The predicted molar refractivity (Wildman–Crippen MR) is 126 cm³/mol. The van der Waals surface area contributed by atoms with Crippen LogP contribution in [0.2, 0.25) is 0 Å². The Morgan fingerprint density at radius 1 is 0.968 bits per heavy atom. The van der Waals surface area contributed by atoms with Crippen molar-refractivity contribution in [3.8, 4) is 5.75 Å². The number of hydrogen-bond donors (Lipinski definition) is 3. The molecule has 31 heavy (non-hydrogen) atoms. The molecule has 0 fully saturated rings. The minimum absolute atomic E-state index is 0.0202. The highest BCUT2D eigenvalue weighted by Gasteiger charge is 2.06. The molecule has 0 unspecified atom stereocenters. The monoisotopic (exact) mass is 433 g/mol. The minimum Gasteiger partial charge on any atom is -0.484 e. The maximum atomic E-state index is 12.1. The first-order valence-electron chi connectivity index (χ1n) is 9.82. The molecule has 0 aliphatic carbocycles. The van der Waals surface area contributed by atoms with E-state index in [1.165, 1.54) is 11.6 Å². The van der Waals surface area contributed by atoms with Crippen LogP contribution in [0.25, 0.3) is 16.8 Å². The highest BCUT2D eigenvalue weighted by molar-refractivity contribution is 7.80. The number of rotatable bonds is 6. The van der Waals surface area contributed by atoms with Gasteiger partial charge in [0.05, 0.1) is 0 Å². The van der Waals surface area contributed by atoms with E-state index in [1.54, 1.807) is 6.08 Å². The molecule has 0 saturated heterocycles. The van der Waals surface area contributed by atoms with Crippen LogP contribution in [-0.4, -0.2) is 23.5 Å². The molecule has 7 heteroatoms. The van der Waals surface area contributed by atoms with E-state index in [2.05, 4.69) is 23.1 Å². The summed E-state index contributed by atoms with van der Waals surface area (Å²) in [4.78, 5) is 24.0. The van der Waals surface area contributed by atoms with Crippen LogP contribution in [0.4, 0.5) is 0 Å². The maximum Gasteiger partial charge on any atom is 0.276 e. The van der Waals surface area contributed by atoms with E-state index >= 15 is 0 Å². The first kappa shape index (κ1) is 22.0. The normalized spacial score (nSPS) is 10.6. The summed E-state index contributed by atoms with van der Waals surface area (Å²) >= 11 is 5.03. The molecule has 6 nitrogen and oxygen atoms in total. The summed E-state index contributed by atoms with van der Waals surface area (Å²) in [6.07, 6.45) is 4.04. The number of hydrazine groups is 1. The summed E-state index contributed by atoms with van der Waals surface area (Å²) in [5.41, 5.74) is 6.98. The fraction of sp³-hybridized carbons (Fsp3) is 0.125. The van der Waals surface area contributed by atoms with E-state index in [9.17, 15) is 9.59 Å². The lowest BCUT2D eigenvalue weighted by Crippen LogP contribution is -2.49. The Balaban J connectivity index is 1.42. The number of ether oxygens (including phenoxy) is 1. The second-order valence-electron chi connectivity index (χ2n) is 6.68. The Bertz CT molecular complexity index is 1110. The number of nitrogens with one attached hydrogen (secondary N) is 3. The third-order valence-electron chi connectivity index (χ3n) is 4.49. The third-order valence-corrected chi connectivity index (χ3v) is 4.70. The molecule has 3 N–H and O–H groups in total. The molecular formula is C24H23N3O3S. The molecule has 0 atom stereocenters. The van der Waals surface area contributed by atoms with Crippen LogP contribution in [0.1, 0.15) is 18.1 Å². The largest absolute Gasteiger partial charge is 0.484 e. The van der Waals surface area contributed by atoms with Gasteiger partial charge in [-0.15, -0.1) is 0 Å². The van der Waals surface area contributed by atoms with Crippen molar-refractivity contribution in [1.82, 2.24) is 16.2 Å². The zero-order valence-corrected chi connectivity index (χ0v) is 17.9. The molecular weight excluding hydrogens is 410 g/mol. The molecule has 0 heterocycles. The summed E-state index contributed by atoms with van der Waals surface area (Å²) in [6.45, 7) is 1.88. The van der Waals surface area contributed by atoms with Crippen LogP contribution in [-0.2, 0) is 16.0 Å². The fourth-order valence-corrected chi connectivity index (χ4v) is 3.03. The van der Waals surface area contributed by atoms with E-state index < -0.39 is 11.8 Å². The van der Waals surface area contributed by atoms with Crippen molar-refractivity contribution in [3.63, 3.8) is 0 Å². The number of aryl methyl sites for hydroxylation is 1. The van der Waals surface area contributed by atoms with Gasteiger partial charge in [-0.1, -0.05) is 61.5 Å². The molecule has 0 aliphatic rings. The number of fused-ring (bicyclic) bond motifs is 1. The van der Waals surface area contributed by atoms with Gasteiger partial charge in [-0.2, -0.15) is 0 Å². The number of benzene rings is 3. The molecule has 0 bridgehead atoms. The third kappa shape index (κ3) is 6.65. The van der Waals surface area contributed by atoms with Crippen molar-refractivity contribution < 1.29 is 14.3 Å². The van der Waals surface area contributed by atoms with Crippen LogP contribution in [0.3, 0.4) is 0 Å². The van der Waals surface area contributed by atoms with E-state index in [1.807, 2.05) is 66.7 Å². The van der Waals surface area contributed by atoms with Gasteiger partial charge >= 0.3 is 0 Å². The van der Waals surface area contributed by atoms with E-state index in [0.29, 0.717) is 5.75 Å². The molecule has 3 rings (SSSR count). The molecule has 3 aromatic rings. The Kier molecular flexibility index (Phi) is 7.73. The van der Waals surface area contributed by atoms with E-state index in [4.69, 9.17) is 17.0 Å².